The van der Waals surface area contributed by atoms with Crippen molar-refractivity contribution < 1.29 is 14.6 Å². The summed E-state index contributed by atoms with van der Waals surface area (Å²) in [7, 11) is 0. The van der Waals surface area contributed by atoms with Crippen molar-refractivity contribution >= 4 is 17.2 Å². The number of piperidine rings is 1. The number of aromatic nitrogens is 2. The molecule has 0 aromatic carbocycles. The first kappa shape index (κ1) is 18.5. The molecule has 0 aliphatic carbocycles. The van der Waals surface area contributed by atoms with E-state index >= 15 is 0 Å². The Morgan fingerprint density at radius 3 is 2.85 bits per heavy atom. The molecule has 2 aromatic rings. The number of nitrogens with zero attached hydrogens (tertiary/aromatic N) is 3. The Hall–Kier alpha value is -1.87. The van der Waals surface area contributed by atoms with Gasteiger partial charge in [-0.2, -0.15) is 0 Å². The molecule has 1 spiro atoms. The second-order valence-electron chi connectivity index (χ2n) is 7.06. The standard InChI is InChI=1S/C19H24N4O3S/c24-7-4-22-18(25)16-9-15-1-8-26-19(17(15)27-16)2-5-23(6-3-19)12-14-10-20-13-21-11-14/h9-11,13,24H,1-8,12H2,(H,22,25). The lowest BCUT2D eigenvalue weighted by atomic mass is 9.85. The van der Waals surface area contributed by atoms with Crippen LogP contribution in [0.4, 0.5) is 0 Å². The topological polar surface area (TPSA) is 87.6 Å². The average molecular weight is 388 g/mol. The summed E-state index contributed by atoms with van der Waals surface area (Å²) in [6, 6.07) is 2.00. The number of fused-ring (bicyclic) bond motifs is 2. The number of thiophene rings is 1. The quantitative estimate of drug-likeness (QED) is 0.803. The van der Waals surface area contributed by atoms with Crippen LogP contribution < -0.4 is 5.32 Å². The van der Waals surface area contributed by atoms with Crippen molar-refractivity contribution in [2.24, 2.45) is 0 Å². The van der Waals surface area contributed by atoms with E-state index in [0.717, 1.165) is 44.5 Å². The summed E-state index contributed by atoms with van der Waals surface area (Å²) < 4.78 is 6.29. The minimum atomic E-state index is -0.266. The van der Waals surface area contributed by atoms with Crippen LogP contribution in [-0.2, 0) is 23.3 Å². The van der Waals surface area contributed by atoms with Crippen LogP contribution in [0.25, 0.3) is 0 Å². The number of carbonyl (C=O) groups excluding carboxylic acids is 1. The highest BCUT2D eigenvalue weighted by Crippen LogP contribution is 2.45. The average Bonchev–Trinajstić information content (AvgIpc) is 3.15. The van der Waals surface area contributed by atoms with Crippen molar-refractivity contribution in [1.29, 1.82) is 0 Å². The molecule has 8 heteroatoms. The van der Waals surface area contributed by atoms with Gasteiger partial charge in [0, 0.05) is 49.0 Å². The Bertz CT molecular complexity index is 788. The SMILES string of the molecule is O=C(NCCO)c1cc2c(s1)C1(CCN(Cc3cncnc3)CC1)OCC2. The first-order valence-electron chi connectivity index (χ1n) is 9.33. The maximum atomic E-state index is 12.3. The fourth-order valence-electron chi connectivity index (χ4n) is 3.90. The fourth-order valence-corrected chi connectivity index (χ4v) is 5.23. The van der Waals surface area contributed by atoms with E-state index < -0.39 is 0 Å². The van der Waals surface area contributed by atoms with Gasteiger partial charge in [0.25, 0.3) is 5.91 Å². The Morgan fingerprint density at radius 1 is 1.33 bits per heavy atom. The number of nitrogens with one attached hydrogen (secondary N) is 1. The van der Waals surface area contributed by atoms with Crippen LogP contribution in [0, 0.1) is 0 Å². The highest BCUT2D eigenvalue weighted by Gasteiger charge is 2.42. The number of aliphatic hydroxyl groups is 1. The van der Waals surface area contributed by atoms with Crippen molar-refractivity contribution in [3.8, 4) is 0 Å². The van der Waals surface area contributed by atoms with Crippen LogP contribution in [0.15, 0.2) is 24.8 Å². The van der Waals surface area contributed by atoms with Gasteiger partial charge < -0.3 is 15.2 Å². The molecule has 0 unspecified atom stereocenters. The van der Waals surface area contributed by atoms with Gasteiger partial charge in [0.2, 0.25) is 0 Å². The number of ether oxygens (including phenoxy) is 1. The summed E-state index contributed by atoms with van der Waals surface area (Å²) in [4.78, 5) is 24.8. The van der Waals surface area contributed by atoms with Gasteiger partial charge in [-0.1, -0.05) is 0 Å². The molecule has 1 amide bonds. The Labute approximate surface area is 162 Å². The number of hydrogen-bond donors (Lipinski definition) is 2. The molecule has 4 rings (SSSR count). The molecule has 2 N–H and O–H groups in total. The number of aliphatic hydroxyl groups excluding tert-OH is 1. The number of amides is 1. The van der Waals surface area contributed by atoms with Gasteiger partial charge in [-0.05, 0) is 30.9 Å². The molecule has 144 valence electrons. The van der Waals surface area contributed by atoms with Gasteiger partial charge in [0.1, 0.15) is 11.9 Å². The van der Waals surface area contributed by atoms with Crippen molar-refractivity contribution in [3.05, 3.63) is 45.7 Å². The minimum Gasteiger partial charge on any atom is -0.395 e. The van der Waals surface area contributed by atoms with Crippen LogP contribution in [0.3, 0.4) is 0 Å². The van der Waals surface area contributed by atoms with Gasteiger partial charge in [-0.3, -0.25) is 9.69 Å². The first-order chi connectivity index (χ1) is 13.2. The lowest BCUT2D eigenvalue weighted by Gasteiger charge is -2.43. The van der Waals surface area contributed by atoms with Crippen LogP contribution in [-0.4, -0.2) is 58.7 Å². The van der Waals surface area contributed by atoms with Crippen LogP contribution in [0.2, 0.25) is 0 Å². The predicted molar refractivity (Wildman–Crippen MR) is 102 cm³/mol. The molecule has 0 bridgehead atoms. The van der Waals surface area contributed by atoms with E-state index in [4.69, 9.17) is 9.84 Å². The van der Waals surface area contributed by atoms with Gasteiger partial charge in [0.05, 0.1) is 18.1 Å². The van der Waals surface area contributed by atoms with Crippen LogP contribution in [0.5, 0.6) is 0 Å². The summed E-state index contributed by atoms with van der Waals surface area (Å²) in [5.41, 5.74) is 2.10. The summed E-state index contributed by atoms with van der Waals surface area (Å²) in [6.07, 6.45) is 7.98. The Morgan fingerprint density at radius 2 is 2.11 bits per heavy atom. The van der Waals surface area contributed by atoms with Gasteiger partial charge in [-0.15, -0.1) is 11.3 Å². The molecule has 2 aliphatic heterocycles. The predicted octanol–water partition coefficient (Wildman–Crippen LogP) is 1.32. The van der Waals surface area contributed by atoms with E-state index in [2.05, 4.69) is 20.2 Å². The molecule has 2 aliphatic rings. The minimum absolute atomic E-state index is 0.0494. The molecule has 7 nitrogen and oxygen atoms in total. The Balaban J connectivity index is 1.46. The molecule has 0 saturated carbocycles. The maximum Gasteiger partial charge on any atom is 0.261 e. The van der Waals surface area contributed by atoms with Crippen molar-refractivity contribution in [1.82, 2.24) is 20.2 Å². The third-order valence-electron chi connectivity index (χ3n) is 5.28. The molecule has 0 atom stereocenters. The fraction of sp³-hybridized carbons (Fsp3) is 0.526. The molecular formula is C19H24N4O3S. The van der Waals surface area contributed by atoms with E-state index in [9.17, 15) is 4.79 Å². The Kier molecular flexibility index (Phi) is 5.49. The smallest absolute Gasteiger partial charge is 0.261 e. The normalized spacial score (nSPS) is 19.0. The van der Waals surface area contributed by atoms with E-state index in [1.54, 1.807) is 17.7 Å². The second kappa shape index (κ2) is 8.02. The van der Waals surface area contributed by atoms with Crippen molar-refractivity contribution in [2.75, 3.05) is 32.8 Å². The largest absolute Gasteiger partial charge is 0.395 e. The summed E-state index contributed by atoms with van der Waals surface area (Å²) in [6.45, 7) is 3.67. The lowest BCUT2D eigenvalue weighted by molar-refractivity contribution is -0.0960. The third kappa shape index (κ3) is 3.89. The summed E-state index contributed by atoms with van der Waals surface area (Å²) in [5.74, 6) is -0.111. The highest BCUT2D eigenvalue weighted by atomic mass is 32.1. The molecule has 2 aromatic heterocycles. The van der Waals surface area contributed by atoms with Gasteiger partial charge in [0.15, 0.2) is 0 Å². The molecule has 1 saturated heterocycles. The molecular weight excluding hydrogens is 364 g/mol. The van der Waals surface area contributed by atoms with E-state index in [0.29, 0.717) is 11.5 Å². The van der Waals surface area contributed by atoms with Crippen LogP contribution >= 0.6 is 11.3 Å². The molecule has 27 heavy (non-hydrogen) atoms. The van der Waals surface area contributed by atoms with Crippen LogP contribution in [0.1, 0.15) is 38.5 Å². The zero-order valence-electron chi connectivity index (χ0n) is 15.2. The second-order valence-corrected chi connectivity index (χ2v) is 8.11. The summed E-state index contributed by atoms with van der Waals surface area (Å²) >= 11 is 1.55. The molecule has 4 heterocycles. The number of likely N-dealkylation sites (tertiary alicyclic amines) is 1. The van der Waals surface area contributed by atoms with Crippen molar-refractivity contribution in [2.45, 2.75) is 31.4 Å². The van der Waals surface area contributed by atoms with Crippen molar-refractivity contribution in [3.63, 3.8) is 0 Å². The molecule has 1 fully saturated rings. The first-order valence-corrected chi connectivity index (χ1v) is 10.1. The highest BCUT2D eigenvalue weighted by molar-refractivity contribution is 7.14. The van der Waals surface area contributed by atoms with Gasteiger partial charge in [-0.25, -0.2) is 9.97 Å². The third-order valence-corrected chi connectivity index (χ3v) is 6.64. The van der Waals surface area contributed by atoms with Gasteiger partial charge >= 0.3 is 0 Å². The van der Waals surface area contributed by atoms with E-state index in [1.165, 1.54) is 10.4 Å². The monoisotopic (exact) mass is 388 g/mol. The van der Waals surface area contributed by atoms with E-state index in [-0.39, 0.29) is 24.7 Å². The zero-order valence-corrected chi connectivity index (χ0v) is 16.0. The summed E-state index contributed by atoms with van der Waals surface area (Å²) in [5, 5.41) is 11.7. The van der Waals surface area contributed by atoms with E-state index in [1.807, 2.05) is 18.5 Å². The number of carbonyl (C=O) groups is 1. The number of rotatable bonds is 5. The lowest BCUT2D eigenvalue weighted by Crippen LogP contribution is -2.45. The zero-order chi connectivity index (χ0) is 18.7. The maximum absolute atomic E-state index is 12.3. The molecule has 0 radical (unpaired) electrons. The number of hydrogen-bond acceptors (Lipinski definition) is 7.